The van der Waals surface area contributed by atoms with E-state index in [1.165, 1.54) is 24.4 Å². The summed E-state index contributed by atoms with van der Waals surface area (Å²) in [6, 6.07) is 25.1. The summed E-state index contributed by atoms with van der Waals surface area (Å²) < 4.78 is 5.61. The fourth-order valence-corrected chi connectivity index (χ4v) is 3.84. The third-order valence-electron chi connectivity index (χ3n) is 6.06. The predicted molar refractivity (Wildman–Crippen MR) is 165 cm³/mol. The molecule has 0 aliphatic rings. The average Bonchev–Trinajstić information content (AvgIpc) is 3.01. The van der Waals surface area contributed by atoms with E-state index in [4.69, 9.17) is 4.74 Å². The van der Waals surface area contributed by atoms with Crippen molar-refractivity contribution in [1.29, 1.82) is 0 Å². The number of carbonyl (C=O) groups excluding carboxylic acids is 2. The van der Waals surface area contributed by atoms with Gasteiger partial charge in [-0.2, -0.15) is 5.10 Å². The minimum absolute atomic E-state index is 0.0452. The van der Waals surface area contributed by atoms with Gasteiger partial charge in [-0.3, -0.25) is 29.8 Å². The van der Waals surface area contributed by atoms with Crippen LogP contribution in [-0.2, 0) is 4.79 Å². The van der Waals surface area contributed by atoms with Crippen molar-refractivity contribution in [2.45, 2.75) is 0 Å². The van der Waals surface area contributed by atoms with Crippen molar-refractivity contribution >= 4 is 41.2 Å². The van der Waals surface area contributed by atoms with E-state index in [1.807, 2.05) is 31.1 Å². The zero-order valence-electron chi connectivity index (χ0n) is 23.5. The Morgan fingerprint density at radius 3 is 2.23 bits per heavy atom. The molecule has 13 heteroatoms. The number of nitro groups is 2. The van der Waals surface area contributed by atoms with Crippen molar-refractivity contribution in [3.8, 4) is 11.5 Å². The van der Waals surface area contributed by atoms with Crippen molar-refractivity contribution in [3.05, 3.63) is 140 Å². The number of nitrogens with zero attached hydrogens (tertiary/aromatic N) is 4. The molecule has 0 spiro atoms. The zero-order valence-corrected chi connectivity index (χ0v) is 23.5. The number of amides is 2. The van der Waals surface area contributed by atoms with Crippen molar-refractivity contribution in [3.63, 3.8) is 0 Å². The molecule has 4 aromatic carbocycles. The van der Waals surface area contributed by atoms with Crippen LogP contribution in [0.1, 0.15) is 21.5 Å². The van der Waals surface area contributed by atoms with Crippen LogP contribution in [-0.4, -0.2) is 42.0 Å². The number of carbonyl (C=O) groups is 2. The number of nitrogens with one attached hydrogen (secondary N) is 2. The summed E-state index contributed by atoms with van der Waals surface area (Å²) in [5.74, 6) is -1.16. The molecule has 0 aromatic heterocycles. The molecule has 0 bridgehead atoms. The van der Waals surface area contributed by atoms with E-state index in [2.05, 4.69) is 15.8 Å². The van der Waals surface area contributed by atoms with Gasteiger partial charge in [-0.15, -0.1) is 0 Å². The Kier molecular flexibility index (Phi) is 9.73. The molecule has 0 radical (unpaired) electrons. The first-order chi connectivity index (χ1) is 21.1. The standard InChI is InChI=1S/C31H26N6O7/c1-35(2)24-13-11-21(12-14-24)18-27(33-30(38)23-8-4-3-5-9-23)31(39)34-32-20-22-7-6-10-26(17-22)44-29-16-15-25(36(40)41)19-28(29)37(42)43/h3-20H,1-2H3,(H,33,38)(H,34,39)/b27-18-,32-20+. The lowest BCUT2D eigenvalue weighted by atomic mass is 10.1. The molecule has 2 N–H and O–H groups in total. The van der Waals surface area contributed by atoms with Crippen LogP contribution in [0.3, 0.4) is 0 Å². The minimum Gasteiger partial charge on any atom is -0.450 e. The quantitative estimate of drug-likeness (QED) is 0.102. The molecule has 0 heterocycles. The van der Waals surface area contributed by atoms with Crippen LogP contribution in [0, 0.1) is 20.2 Å². The summed E-state index contributed by atoms with van der Waals surface area (Å²) in [6.45, 7) is 0. The van der Waals surface area contributed by atoms with Gasteiger partial charge in [0.25, 0.3) is 17.5 Å². The highest BCUT2D eigenvalue weighted by molar-refractivity contribution is 6.05. The fourth-order valence-electron chi connectivity index (χ4n) is 3.84. The van der Waals surface area contributed by atoms with Gasteiger partial charge in [-0.05, 0) is 59.7 Å². The number of benzene rings is 4. The average molecular weight is 595 g/mol. The molecule has 0 fully saturated rings. The SMILES string of the molecule is CN(C)c1ccc(/C=C(\NC(=O)c2ccccc2)C(=O)N/N=C/c2cccc(Oc3ccc([N+](=O)[O-])cc3[N+](=O)[O-])c2)cc1. The first-order valence-corrected chi connectivity index (χ1v) is 13.0. The van der Waals surface area contributed by atoms with Gasteiger partial charge >= 0.3 is 5.69 Å². The highest BCUT2D eigenvalue weighted by atomic mass is 16.6. The van der Waals surface area contributed by atoms with Gasteiger partial charge in [-0.25, -0.2) is 5.43 Å². The highest BCUT2D eigenvalue weighted by Gasteiger charge is 2.21. The number of non-ortho nitro benzene ring substituents is 1. The lowest BCUT2D eigenvalue weighted by molar-refractivity contribution is -0.394. The summed E-state index contributed by atoms with van der Waals surface area (Å²) >= 11 is 0. The van der Waals surface area contributed by atoms with Crippen molar-refractivity contribution in [2.24, 2.45) is 5.10 Å². The number of ether oxygens (including phenoxy) is 1. The van der Waals surface area contributed by atoms with E-state index in [1.54, 1.807) is 54.6 Å². The van der Waals surface area contributed by atoms with Crippen molar-refractivity contribution < 1.29 is 24.2 Å². The van der Waals surface area contributed by atoms with Gasteiger partial charge in [0.1, 0.15) is 11.4 Å². The molecule has 13 nitrogen and oxygen atoms in total. The van der Waals surface area contributed by atoms with E-state index in [0.29, 0.717) is 16.7 Å². The Labute approximate surface area is 251 Å². The summed E-state index contributed by atoms with van der Waals surface area (Å²) in [5, 5.41) is 29.0. The van der Waals surface area contributed by atoms with Gasteiger partial charge in [0.05, 0.1) is 22.1 Å². The third-order valence-corrected chi connectivity index (χ3v) is 6.06. The third kappa shape index (κ3) is 8.10. The second-order valence-electron chi connectivity index (χ2n) is 9.40. The Balaban J connectivity index is 1.51. The number of hydrogen-bond acceptors (Lipinski definition) is 9. The molecule has 0 aliphatic heterocycles. The summed E-state index contributed by atoms with van der Waals surface area (Å²) in [6.07, 6.45) is 2.84. The Morgan fingerprint density at radius 2 is 1.57 bits per heavy atom. The molecular formula is C31H26N6O7. The monoisotopic (exact) mass is 594 g/mol. The van der Waals surface area contributed by atoms with Crippen molar-refractivity contribution in [2.75, 3.05) is 19.0 Å². The molecule has 0 saturated heterocycles. The number of rotatable bonds is 11. The Bertz CT molecular complexity index is 1750. The number of anilines is 1. The smallest absolute Gasteiger partial charge is 0.318 e. The van der Waals surface area contributed by atoms with Crippen LogP contribution >= 0.6 is 0 Å². The first-order valence-electron chi connectivity index (χ1n) is 13.0. The van der Waals surface area contributed by atoms with Crippen LogP contribution in [0.4, 0.5) is 17.1 Å². The number of nitro benzene ring substituents is 2. The molecular weight excluding hydrogens is 568 g/mol. The molecule has 44 heavy (non-hydrogen) atoms. The molecule has 4 rings (SSSR count). The molecule has 4 aromatic rings. The lowest BCUT2D eigenvalue weighted by Crippen LogP contribution is -2.32. The predicted octanol–water partition coefficient (Wildman–Crippen LogP) is 5.28. The fraction of sp³-hybridized carbons (Fsp3) is 0.0645. The highest BCUT2D eigenvalue weighted by Crippen LogP contribution is 2.34. The van der Waals surface area contributed by atoms with Crippen LogP contribution in [0.5, 0.6) is 11.5 Å². The minimum atomic E-state index is -0.776. The summed E-state index contributed by atoms with van der Waals surface area (Å²) in [7, 11) is 3.81. The van der Waals surface area contributed by atoms with Gasteiger partial charge in [0.15, 0.2) is 0 Å². The van der Waals surface area contributed by atoms with Crippen LogP contribution in [0.15, 0.2) is 108 Å². The molecule has 0 atom stereocenters. The topological polar surface area (TPSA) is 169 Å². The van der Waals surface area contributed by atoms with Crippen molar-refractivity contribution in [1.82, 2.24) is 10.7 Å². The maximum absolute atomic E-state index is 13.1. The molecule has 0 saturated carbocycles. The van der Waals surface area contributed by atoms with Crippen LogP contribution < -0.4 is 20.4 Å². The van der Waals surface area contributed by atoms with Gasteiger partial charge in [-0.1, -0.05) is 42.5 Å². The number of hydrazone groups is 1. The Hall–Kier alpha value is -6.37. The van der Waals surface area contributed by atoms with Gasteiger partial charge in [0.2, 0.25) is 5.75 Å². The van der Waals surface area contributed by atoms with E-state index < -0.39 is 33.0 Å². The normalized spacial score (nSPS) is 11.1. The second kappa shape index (κ2) is 14.0. The molecule has 222 valence electrons. The molecule has 0 aliphatic carbocycles. The van der Waals surface area contributed by atoms with Crippen LogP contribution in [0.25, 0.3) is 6.08 Å². The van der Waals surface area contributed by atoms with E-state index in [-0.39, 0.29) is 17.2 Å². The summed E-state index contributed by atoms with van der Waals surface area (Å²) in [5.41, 5.74) is 3.79. The zero-order chi connectivity index (χ0) is 31.6. The maximum Gasteiger partial charge on any atom is 0.318 e. The van der Waals surface area contributed by atoms with Gasteiger partial charge in [0, 0.05) is 31.4 Å². The maximum atomic E-state index is 13.1. The molecule has 0 unspecified atom stereocenters. The second-order valence-corrected chi connectivity index (χ2v) is 9.40. The summed E-state index contributed by atoms with van der Waals surface area (Å²) in [4.78, 5) is 48.8. The first kappa shape index (κ1) is 30.6. The van der Waals surface area contributed by atoms with Crippen LogP contribution in [0.2, 0.25) is 0 Å². The number of hydrogen-bond donors (Lipinski definition) is 2. The lowest BCUT2D eigenvalue weighted by Gasteiger charge is -2.12. The largest absolute Gasteiger partial charge is 0.450 e. The van der Waals surface area contributed by atoms with E-state index in [9.17, 15) is 29.8 Å². The molecule has 2 amide bonds. The van der Waals surface area contributed by atoms with E-state index >= 15 is 0 Å². The van der Waals surface area contributed by atoms with E-state index in [0.717, 1.165) is 23.9 Å². The van der Waals surface area contributed by atoms with Gasteiger partial charge < -0.3 is 15.0 Å². The Morgan fingerprint density at radius 1 is 0.841 bits per heavy atom.